The molecule has 0 radical (unpaired) electrons. The maximum atomic E-state index is 6.34. The van der Waals surface area contributed by atoms with Gasteiger partial charge in [-0.2, -0.15) is 0 Å². The van der Waals surface area contributed by atoms with E-state index in [1.54, 1.807) is 0 Å². The molecule has 16 heavy (non-hydrogen) atoms. The standard InChI is InChI=1S/C14H29NO/c1-2-3-4-5-6-7-8-9-14(15)10-12-16-13-11-14/h2-13,15H2,1H3. The molecule has 0 aromatic heterocycles. The van der Waals surface area contributed by atoms with Crippen LogP contribution in [0.4, 0.5) is 0 Å². The summed E-state index contributed by atoms with van der Waals surface area (Å²) >= 11 is 0. The smallest absolute Gasteiger partial charge is 0.0483 e. The molecule has 0 unspecified atom stereocenters. The van der Waals surface area contributed by atoms with Crippen LogP contribution in [0.3, 0.4) is 0 Å². The fourth-order valence-electron chi connectivity index (χ4n) is 2.46. The molecule has 2 N–H and O–H groups in total. The van der Waals surface area contributed by atoms with Crippen molar-refractivity contribution in [2.24, 2.45) is 5.73 Å². The SMILES string of the molecule is CCCCCCCCCC1(N)CCOCC1. The molecule has 1 saturated heterocycles. The Morgan fingerprint density at radius 2 is 1.50 bits per heavy atom. The lowest BCUT2D eigenvalue weighted by atomic mass is 9.86. The molecular formula is C14H29NO. The van der Waals surface area contributed by atoms with E-state index in [0.29, 0.717) is 0 Å². The van der Waals surface area contributed by atoms with E-state index < -0.39 is 0 Å². The minimum Gasteiger partial charge on any atom is -0.381 e. The molecule has 0 bridgehead atoms. The maximum absolute atomic E-state index is 6.34. The molecule has 1 aliphatic rings. The summed E-state index contributed by atoms with van der Waals surface area (Å²) in [7, 11) is 0. The zero-order valence-electron chi connectivity index (χ0n) is 11.0. The summed E-state index contributed by atoms with van der Waals surface area (Å²) in [6.07, 6.45) is 12.9. The zero-order valence-corrected chi connectivity index (χ0v) is 11.0. The predicted molar refractivity (Wildman–Crippen MR) is 69.6 cm³/mol. The average molecular weight is 227 g/mol. The molecule has 2 heteroatoms. The molecule has 0 aromatic carbocycles. The van der Waals surface area contributed by atoms with Gasteiger partial charge >= 0.3 is 0 Å². The minimum atomic E-state index is 0.0989. The van der Waals surface area contributed by atoms with E-state index in [-0.39, 0.29) is 5.54 Å². The summed E-state index contributed by atoms with van der Waals surface area (Å²) in [4.78, 5) is 0. The number of unbranched alkanes of at least 4 members (excludes halogenated alkanes) is 6. The van der Waals surface area contributed by atoms with Crippen LogP contribution in [0.15, 0.2) is 0 Å². The summed E-state index contributed by atoms with van der Waals surface area (Å²) in [6.45, 7) is 4.00. The highest BCUT2D eigenvalue weighted by molar-refractivity contribution is 4.85. The van der Waals surface area contributed by atoms with Crippen molar-refractivity contribution in [3.63, 3.8) is 0 Å². The van der Waals surface area contributed by atoms with E-state index in [4.69, 9.17) is 10.5 Å². The van der Waals surface area contributed by atoms with Gasteiger partial charge in [-0.1, -0.05) is 51.9 Å². The fourth-order valence-corrected chi connectivity index (χ4v) is 2.46. The molecule has 2 nitrogen and oxygen atoms in total. The molecule has 1 rings (SSSR count). The zero-order chi connectivity index (χ0) is 11.7. The van der Waals surface area contributed by atoms with Gasteiger partial charge in [0.1, 0.15) is 0 Å². The van der Waals surface area contributed by atoms with Gasteiger partial charge < -0.3 is 10.5 Å². The van der Waals surface area contributed by atoms with Crippen LogP contribution < -0.4 is 5.73 Å². The minimum absolute atomic E-state index is 0.0989. The third kappa shape index (κ3) is 5.86. The van der Waals surface area contributed by atoms with Gasteiger partial charge in [-0.3, -0.25) is 0 Å². The molecule has 1 fully saturated rings. The van der Waals surface area contributed by atoms with Crippen molar-refractivity contribution in [3.8, 4) is 0 Å². The van der Waals surface area contributed by atoms with Gasteiger partial charge in [0.2, 0.25) is 0 Å². The molecule has 0 amide bonds. The van der Waals surface area contributed by atoms with Crippen molar-refractivity contribution in [1.29, 1.82) is 0 Å². The maximum Gasteiger partial charge on any atom is 0.0483 e. The van der Waals surface area contributed by atoms with Crippen LogP contribution in [0.25, 0.3) is 0 Å². The topological polar surface area (TPSA) is 35.2 Å². The second-order valence-electron chi connectivity index (χ2n) is 5.35. The Balaban J connectivity index is 1.93. The van der Waals surface area contributed by atoms with Crippen LogP contribution in [0, 0.1) is 0 Å². The van der Waals surface area contributed by atoms with Gasteiger partial charge in [0.25, 0.3) is 0 Å². The summed E-state index contributed by atoms with van der Waals surface area (Å²) in [5, 5.41) is 0. The summed E-state index contributed by atoms with van der Waals surface area (Å²) in [5.41, 5.74) is 6.44. The largest absolute Gasteiger partial charge is 0.381 e. The molecule has 0 aromatic rings. The first kappa shape index (κ1) is 14.0. The Morgan fingerprint density at radius 1 is 0.938 bits per heavy atom. The molecule has 0 aliphatic carbocycles. The Hall–Kier alpha value is -0.0800. The third-order valence-electron chi connectivity index (χ3n) is 3.77. The van der Waals surface area contributed by atoms with Crippen LogP contribution in [-0.2, 0) is 4.74 Å². The quantitative estimate of drug-likeness (QED) is 0.643. The van der Waals surface area contributed by atoms with Crippen molar-refractivity contribution in [2.45, 2.75) is 76.7 Å². The van der Waals surface area contributed by atoms with Crippen molar-refractivity contribution >= 4 is 0 Å². The summed E-state index contributed by atoms with van der Waals surface area (Å²) in [5.74, 6) is 0. The van der Waals surface area contributed by atoms with Crippen LogP contribution in [-0.4, -0.2) is 18.8 Å². The second-order valence-corrected chi connectivity index (χ2v) is 5.35. The predicted octanol–water partition coefficient (Wildman–Crippen LogP) is 3.64. The van der Waals surface area contributed by atoms with E-state index in [9.17, 15) is 0 Å². The van der Waals surface area contributed by atoms with Crippen molar-refractivity contribution in [2.75, 3.05) is 13.2 Å². The highest BCUT2D eigenvalue weighted by Gasteiger charge is 2.26. The number of ether oxygens (including phenoxy) is 1. The fraction of sp³-hybridized carbons (Fsp3) is 1.00. The Kier molecular flexibility index (Phi) is 7.06. The lowest BCUT2D eigenvalue weighted by Crippen LogP contribution is -2.44. The van der Waals surface area contributed by atoms with Gasteiger partial charge in [-0.05, 0) is 19.3 Å². The number of rotatable bonds is 8. The lowest BCUT2D eigenvalue weighted by molar-refractivity contribution is 0.0493. The molecular weight excluding hydrogens is 198 g/mol. The molecule has 1 aliphatic heterocycles. The Labute approximate surface area is 101 Å². The van der Waals surface area contributed by atoms with E-state index in [1.165, 1.54) is 51.4 Å². The molecule has 0 atom stereocenters. The first-order chi connectivity index (χ1) is 7.77. The Bertz CT molecular complexity index is 164. The van der Waals surface area contributed by atoms with Gasteiger partial charge in [0.05, 0.1) is 0 Å². The third-order valence-corrected chi connectivity index (χ3v) is 3.77. The molecule has 0 spiro atoms. The van der Waals surface area contributed by atoms with Crippen LogP contribution in [0.1, 0.15) is 71.1 Å². The van der Waals surface area contributed by atoms with Crippen LogP contribution in [0.2, 0.25) is 0 Å². The van der Waals surface area contributed by atoms with E-state index >= 15 is 0 Å². The highest BCUT2D eigenvalue weighted by Crippen LogP contribution is 2.24. The van der Waals surface area contributed by atoms with E-state index in [2.05, 4.69) is 6.92 Å². The van der Waals surface area contributed by atoms with Gasteiger partial charge in [-0.15, -0.1) is 0 Å². The average Bonchev–Trinajstić information content (AvgIpc) is 2.29. The molecule has 96 valence electrons. The van der Waals surface area contributed by atoms with Crippen LogP contribution in [0.5, 0.6) is 0 Å². The van der Waals surface area contributed by atoms with Crippen LogP contribution >= 0.6 is 0 Å². The summed E-state index contributed by atoms with van der Waals surface area (Å²) in [6, 6.07) is 0. The Morgan fingerprint density at radius 3 is 2.12 bits per heavy atom. The van der Waals surface area contributed by atoms with Crippen molar-refractivity contribution in [1.82, 2.24) is 0 Å². The first-order valence-electron chi connectivity index (χ1n) is 7.13. The number of nitrogens with two attached hydrogens (primary N) is 1. The monoisotopic (exact) mass is 227 g/mol. The van der Waals surface area contributed by atoms with Crippen molar-refractivity contribution in [3.05, 3.63) is 0 Å². The van der Waals surface area contributed by atoms with E-state index in [1.807, 2.05) is 0 Å². The normalized spacial score (nSPS) is 19.9. The van der Waals surface area contributed by atoms with Gasteiger partial charge in [-0.25, -0.2) is 0 Å². The van der Waals surface area contributed by atoms with Gasteiger partial charge in [0.15, 0.2) is 0 Å². The van der Waals surface area contributed by atoms with E-state index in [0.717, 1.165) is 26.1 Å². The van der Waals surface area contributed by atoms with Gasteiger partial charge in [0, 0.05) is 18.8 Å². The lowest BCUT2D eigenvalue weighted by Gasteiger charge is -2.33. The van der Waals surface area contributed by atoms with Crippen molar-refractivity contribution < 1.29 is 4.74 Å². The molecule has 1 heterocycles. The highest BCUT2D eigenvalue weighted by atomic mass is 16.5. The number of hydrogen-bond donors (Lipinski definition) is 1. The summed E-state index contributed by atoms with van der Waals surface area (Å²) < 4.78 is 5.36. The number of hydrogen-bond acceptors (Lipinski definition) is 2. The first-order valence-corrected chi connectivity index (χ1v) is 7.13. The molecule has 0 saturated carbocycles. The second kappa shape index (κ2) is 8.08.